The zero-order valence-electron chi connectivity index (χ0n) is 9.83. The highest BCUT2D eigenvalue weighted by molar-refractivity contribution is 5.81. The molecule has 0 aromatic heterocycles. The third-order valence-corrected chi connectivity index (χ3v) is 4.84. The molecule has 3 rings (SSSR count). The molecular weight excluding hydrogens is 220 g/mol. The van der Waals surface area contributed by atoms with E-state index in [4.69, 9.17) is 5.73 Å². The number of aliphatic hydroxyl groups excluding tert-OH is 2. The Bertz CT molecular complexity index is 324. The number of hydrogen-bond donors (Lipinski definition) is 3. The van der Waals surface area contributed by atoms with Gasteiger partial charge in [0.1, 0.15) is 0 Å². The maximum atomic E-state index is 12.4. The molecule has 6 unspecified atom stereocenters. The number of nitrogens with two attached hydrogens (primary N) is 1. The van der Waals surface area contributed by atoms with Gasteiger partial charge in [0.2, 0.25) is 5.91 Å². The number of carbonyl (C=O) groups excluding carboxylic acids is 1. The Balaban J connectivity index is 1.71. The lowest BCUT2D eigenvalue weighted by atomic mass is 9.84. The molecule has 6 atom stereocenters. The van der Waals surface area contributed by atoms with E-state index in [1.54, 1.807) is 4.90 Å². The molecule has 2 saturated carbocycles. The maximum absolute atomic E-state index is 12.4. The minimum absolute atomic E-state index is 0.0175. The van der Waals surface area contributed by atoms with Gasteiger partial charge in [0.25, 0.3) is 0 Å². The molecule has 1 heterocycles. The van der Waals surface area contributed by atoms with Crippen LogP contribution < -0.4 is 5.73 Å². The van der Waals surface area contributed by atoms with Gasteiger partial charge in [-0.15, -0.1) is 0 Å². The molecular formula is C12H20N2O3. The average Bonchev–Trinajstić information content (AvgIpc) is 2.94. The van der Waals surface area contributed by atoms with Gasteiger partial charge in [0.15, 0.2) is 0 Å². The van der Waals surface area contributed by atoms with Gasteiger partial charge in [-0.3, -0.25) is 4.79 Å². The number of nitrogens with zero attached hydrogens (tertiary/aromatic N) is 1. The molecule has 2 bridgehead atoms. The highest BCUT2D eigenvalue weighted by Gasteiger charge is 2.51. The van der Waals surface area contributed by atoms with Crippen LogP contribution in [0.3, 0.4) is 0 Å². The molecule has 17 heavy (non-hydrogen) atoms. The topological polar surface area (TPSA) is 86.8 Å². The van der Waals surface area contributed by atoms with Crippen molar-refractivity contribution < 1.29 is 15.0 Å². The average molecular weight is 240 g/mol. The van der Waals surface area contributed by atoms with Gasteiger partial charge in [-0.05, 0) is 31.1 Å². The number of carbonyl (C=O) groups is 1. The van der Waals surface area contributed by atoms with Crippen molar-refractivity contribution in [2.45, 2.75) is 37.5 Å². The fourth-order valence-electron chi connectivity index (χ4n) is 3.86. The predicted octanol–water partition coefficient (Wildman–Crippen LogP) is -1.08. The third kappa shape index (κ3) is 1.68. The summed E-state index contributed by atoms with van der Waals surface area (Å²) in [5.74, 6) is 0.898. The second-order valence-electron chi connectivity index (χ2n) is 5.81. The molecule has 3 fully saturated rings. The van der Waals surface area contributed by atoms with E-state index in [1.165, 1.54) is 0 Å². The van der Waals surface area contributed by atoms with Crippen molar-refractivity contribution in [1.29, 1.82) is 0 Å². The number of aliphatic hydroxyl groups is 2. The molecule has 3 aliphatic rings. The summed E-state index contributed by atoms with van der Waals surface area (Å²) in [4.78, 5) is 13.9. The van der Waals surface area contributed by atoms with Gasteiger partial charge < -0.3 is 20.8 Å². The molecule has 0 spiro atoms. The maximum Gasteiger partial charge on any atom is 0.227 e. The fourth-order valence-corrected chi connectivity index (χ4v) is 3.86. The number of fused-ring (bicyclic) bond motifs is 2. The van der Waals surface area contributed by atoms with E-state index < -0.39 is 12.2 Å². The SMILES string of the molecule is NC1C2CCC(C2)C1C(=O)N1CC(O)C(O)C1. The fraction of sp³-hybridized carbons (Fsp3) is 0.917. The van der Waals surface area contributed by atoms with Crippen LogP contribution in [0.2, 0.25) is 0 Å². The first kappa shape index (κ1) is 11.4. The molecule has 1 saturated heterocycles. The highest BCUT2D eigenvalue weighted by atomic mass is 16.3. The van der Waals surface area contributed by atoms with Crippen LogP contribution in [0, 0.1) is 17.8 Å². The summed E-state index contributed by atoms with van der Waals surface area (Å²) in [5.41, 5.74) is 6.13. The standard InChI is InChI=1S/C12H20N2O3/c13-11-7-2-1-6(3-7)10(11)12(17)14-4-8(15)9(16)5-14/h6-11,15-16H,1-5,13H2. The number of hydrogen-bond acceptors (Lipinski definition) is 4. The molecule has 0 aromatic carbocycles. The molecule has 96 valence electrons. The second kappa shape index (κ2) is 3.93. The third-order valence-electron chi connectivity index (χ3n) is 4.84. The predicted molar refractivity (Wildman–Crippen MR) is 60.9 cm³/mol. The first-order valence-electron chi connectivity index (χ1n) is 6.48. The van der Waals surface area contributed by atoms with Crippen molar-refractivity contribution in [1.82, 2.24) is 4.90 Å². The van der Waals surface area contributed by atoms with Crippen molar-refractivity contribution in [2.75, 3.05) is 13.1 Å². The Morgan fingerprint density at radius 1 is 1.12 bits per heavy atom. The number of likely N-dealkylation sites (tertiary alicyclic amines) is 1. The van der Waals surface area contributed by atoms with Crippen LogP contribution in [0.1, 0.15) is 19.3 Å². The summed E-state index contributed by atoms with van der Waals surface area (Å²) in [6, 6.07) is -0.0175. The van der Waals surface area contributed by atoms with E-state index in [0.29, 0.717) is 11.8 Å². The summed E-state index contributed by atoms with van der Waals surface area (Å²) in [6.45, 7) is 0.501. The van der Waals surface area contributed by atoms with Crippen molar-refractivity contribution in [3.8, 4) is 0 Å². The molecule has 2 aliphatic carbocycles. The van der Waals surface area contributed by atoms with Gasteiger partial charge in [-0.1, -0.05) is 0 Å². The molecule has 1 amide bonds. The normalized spacial score (nSPS) is 49.0. The van der Waals surface area contributed by atoms with Crippen LogP contribution in [-0.4, -0.2) is 52.4 Å². The Hall–Kier alpha value is -0.650. The highest BCUT2D eigenvalue weighted by Crippen LogP contribution is 2.48. The van der Waals surface area contributed by atoms with Crippen LogP contribution in [0.25, 0.3) is 0 Å². The van der Waals surface area contributed by atoms with E-state index in [-0.39, 0.29) is 31.0 Å². The van der Waals surface area contributed by atoms with Crippen LogP contribution in [0.5, 0.6) is 0 Å². The van der Waals surface area contributed by atoms with Gasteiger partial charge in [0.05, 0.1) is 18.1 Å². The van der Waals surface area contributed by atoms with Crippen molar-refractivity contribution >= 4 is 5.91 Å². The Kier molecular flexibility index (Phi) is 2.65. The summed E-state index contributed by atoms with van der Waals surface area (Å²) in [6.07, 6.45) is 1.74. The Labute approximate surface area is 101 Å². The zero-order chi connectivity index (χ0) is 12.2. The first-order valence-corrected chi connectivity index (χ1v) is 6.48. The summed E-state index contributed by atoms with van der Waals surface area (Å²) < 4.78 is 0. The van der Waals surface area contributed by atoms with E-state index in [1.807, 2.05) is 0 Å². The minimum Gasteiger partial charge on any atom is -0.388 e. The van der Waals surface area contributed by atoms with Crippen LogP contribution in [0.15, 0.2) is 0 Å². The number of rotatable bonds is 1. The Morgan fingerprint density at radius 2 is 1.71 bits per heavy atom. The lowest BCUT2D eigenvalue weighted by molar-refractivity contribution is -0.137. The number of amides is 1. The van der Waals surface area contributed by atoms with E-state index in [0.717, 1.165) is 19.3 Å². The monoisotopic (exact) mass is 240 g/mol. The second-order valence-corrected chi connectivity index (χ2v) is 5.81. The number of β-amino-alcohol motifs (C(OH)–C–C–N with tert-alkyl or cyclic N) is 2. The summed E-state index contributed by atoms with van der Waals surface area (Å²) in [5, 5.41) is 19.0. The van der Waals surface area contributed by atoms with Crippen molar-refractivity contribution in [3.05, 3.63) is 0 Å². The largest absolute Gasteiger partial charge is 0.388 e. The minimum atomic E-state index is -0.797. The van der Waals surface area contributed by atoms with Crippen molar-refractivity contribution in [2.24, 2.45) is 23.5 Å². The van der Waals surface area contributed by atoms with Gasteiger partial charge in [-0.25, -0.2) is 0 Å². The summed E-state index contributed by atoms with van der Waals surface area (Å²) in [7, 11) is 0. The molecule has 0 radical (unpaired) electrons. The smallest absolute Gasteiger partial charge is 0.227 e. The first-order chi connectivity index (χ1) is 8.08. The molecule has 5 nitrogen and oxygen atoms in total. The van der Waals surface area contributed by atoms with Gasteiger partial charge in [-0.2, -0.15) is 0 Å². The van der Waals surface area contributed by atoms with Gasteiger partial charge in [0, 0.05) is 19.1 Å². The van der Waals surface area contributed by atoms with Crippen molar-refractivity contribution in [3.63, 3.8) is 0 Å². The molecule has 1 aliphatic heterocycles. The van der Waals surface area contributed by atoms with E-state index in [9.17, 15) is 15.0 Å². The zero-order valence-corrected chi connectivity index (χ0v) is 9.83. The quantitative estimate of drug-likeness (QED) is 0.544. The van der Waals surface area contributed by atoms with Crippen LogP contribution in [-0.2, 0) is 4.79 Å². The van der Waals surface area contributed by atoms with E-state index in [2.05, 4.69) is 0 Å². The molecule has 5 heteroatoms. The lowest BCUT2D eigenvalue weighted by Gasteiger charge is -2.30. The summed E-state index contributed by atoms with van der Waals surface area (Å²) >= 11 is 0. The molecule has 0 aromatic rings. The van der Waals surface area contributed by atoms with E-state index >= 15 is 0 Å². The van der Waals surface area contributed by atoms with Gasteiger partial charge >= 0.3 is 0 Å². The molecule has 4 N–H and O–H groups in total. The Morgan fingerprint density at radius 3 is 2.24 bits per heavy atom. The lowest BCUT2D eigenvalue weighted by Crippen LogP contribution is -2.46. The van der Waals surface area contributed by atoms with Crippen LogP contribution in [0.4, 0.5) is 0 Å². The van der Waals surface area contributed by atoms with Crippen LogP contribution >= 0.6 is 0 Å².